The van der Waals surface area contributed by atoms with Gasteiger partial charge in [0.15, 0.2) is 5.69 Å². The Kier molecular flexibility index (Phi) is 4.62. The van der Waals surface area contributed by atoms with Gasteiger partial charge in [-0.15, -0.1) is 11.3 Å². The van der Waals surface area contributed by atoms with Crippen LogP contribution in [0.2, 0.25) is 0 Å². The molecule has 1 N–H and O–H groups in total. The van der Waals surface area contributed by atoms with E-state index in [-0.39, 0.29) is 5.91 Å². The van der Waals surface area contributed by atoms with Gasteiger partial charge < -0.3 is 9.80 Å². The molecule has 0 unspecified atom stereocenters. The molecule has 7 heteroatoms. The van der Waals surface area contributed by atoms with E-state index in [0.717, 1.165) is 63.5 Å². The first kappa shape index (κ1) is 16.8. The summed E-state index contributed by atoms with van der Waals surface area (Å²) >= 11 is 1.85. The molecule has 1 fully saturated rings. The van der Waals surface area contributed by atoms with Crippen LogP contribution in [0.1, 0.15) is 31.5 Å². The molecule has 4 heterocycles. The van der Waals surface area contributed by atoms with E-state index in [4.69, 9.17) is 0 Å². The molecule has 4 rings (SSSR count). The number of amides is 1. The molecule has 0 saturated carbocycles. The molecule has 0 aliphatic carbocycles. The first-order valence-electron chi connectivity index (χ1n) is 8.92. The van der Waals surface area contributed by atoms with Crippen LogP contribution in [0.15, 0.2) is 12.1 Å². The molecule has 2 aliphatic rings. The van der Waals surface area contributed by atoms with Crippen LogP contribution in [0.3, 0.4) is 0 Å². The van der Waals surface area contributed by atoms with Crippen LogP contribution in [0.25, 0.3) is 0 Å². The zero-order chi connectivity index (χ0) is 17.4. The van der Waals surface area contributed by atoms with E-state index >= 15 is 0 Å². The van der Waals surface area contributed by atoms with Gasteiger partial charge in [0, 0.05) is 73.2 Å². The lowest BCUT2D eigenvalue weighted by atomic mass is 10.0. The van der Waals surface area contributed by atoms with Crippen molar-refractivity contribution in [3.05, 3.63) is 38.8 Å². The molecule has 0 atom stereocenters. The maximum Gasteiger partial charge on any atom is 0.274 e. The van der Waals surface area contributed by atoms with Gasteiger partial charge in [-0.2, -0.15) is 5.10 Å². The van der Waals surface area contributed by atoms with Crippen molar-refractivity contribution in [1.29, 1.82) is 0 Å². The smallest absolute Gasteiger partial charge is 0.274 e. The number of nitrogens with zero attached hydrogens (tertiary/aromatic N) is 4. The maximum absolute atomic E-state index is 12.9. The number of likely N-dealkylation sites (N-methyl/N-ethyl adjacent to an activating group) is 1. The minimum Gasteiger partial charge on any atom is -0.335 e. The van der Waals surface area contributed by atoms with Gasteiger partial charge in [0.25, 0.3) is 5.91 Å². The van der Waals surface area contributed by atoms with Gasteiger partial charge in [0.2, 0.25) is 0 Å². The van der Waals surface area contributed by atoms with Crippen molar-refractivity contribution in [1.82, 2.24) is 24.9 Å². The number of carbonyl (C=O) groups excluding carboxylic acids is 1. The number of nitrogens with one attached hydrogen (secondary N) is 1. The largest absolute Gasteiger partial charge is 0.335 e. The third-order valence-corrected chi connectivity index (χ3v) is 6.17. The SMILES string of the molecule is Cc1ccc(CN2CCc3[nH]nc(C(=O)N4CCN(C)CC4)c3C2)s1. The van der Waals surface area contributed by atoms with Crippen molar-refractivity contribution in [2.45, 2.75) is 26.4 Å². The number of thiophene rings is 1. The highest BCUT2D eigenvalue weighted by molar-refractivity contribution is 7.11. The average Bonchev–Trinajstić information content (AvgIpc) is 3.21. The Morgan fingerprint density at radius 2 is 2.04 bits per heavy atom. The quantitative estimate of drug-likeness (QED) is 0.907. The summed E-state index contributed by atoms with van der Waals surface area (Å²) < 4.78 is 0. The topological polar surface area (TPSA) is 55.5 Å². The van der Waals surface area contributed by atoms with Crippen LogP contribution in [0, 0.1) is 6.92 Å². The molecule has 0 spiro atoms. The Morgan fingerprint density at radius 1 is 1.24 bits per heavy atom. The number of fused-ring (bicyclic) bond motifs is 1. The zero-order valence-corrected chi connectivity index (χ0v) is 15.7. The van der Waals surface area contributed by atoms with Crippen molar-refractivity contribution in [2.75, 3.05) is 39.8 Å². The Bertz CT molecular complexity index is 759. The monoisotopic (exact) mass is 359 g/mol. The van der Waals surface area contributed by atoms with Crippen LogP contribution in [0.4, 0.5) is 0 Å². The highest BCUT2D eigenvalue weighted by atomic mass is 32.1. The molecule has 0 radical (unpaired) electrons. The summed E-state index contributed by atoms with van der Waals surface area (Å²) in [6.45, 7) is 8.34. The van der Waals surface area contributed by atoms with Gasteiger partial charge >= 0.3 is 0 Å². The summed E-state index contributed by atoms with van der Waals surface area (Å²) in [5.41, 5.74) is 2.87. The summed E-state index contributed by atoms with van der Waals surface area (Å²) in [7, 11) is 2.10. The minimum absolute atomic E-state index is 0.0828. The molecule has 0 bridgehead atoms. The van der Waals surface area contributed by atoms with Crippen molar-refractivity contribution in [3.63, 3.8) is 0 Å². The van der Waals surface area contributed by atoms with Gasteiger partial charge in [-0.05, 0) is 26.1 Å². The van der Waals surface area contributed by atoms with Crippen LogP contribution >= 0.6 is 11.3 Å². The van der Waals surface area contributed by atoms with Gasteiger partial charge in [-0.25, -0.2) is 0 Å². The zero-order valence-electron chi connectivity index (χ0n) is 14.9. The number of carbonyl (C=O) groups is 1. The Balaban J connectivity index is 1.48. The van der Waals surface area contributed by atoms with Gasteiger partial charge in [0.05, 0.1) is 0 Å². The van der Waals surface area contributed by atoms with E-state index in [1.54, 1.807) is 0 Å². The molecule has 2 aliphatic heterocycles. The number of piperazine rings is 1. The van der Waals surface area contributed by atoms with Gasteiger partial charge in [0.1, 0.15) is 0 Å². The number of aryl methyl sites for hydroxylation is 1. The van der Waals surface area contributed by atoms with Crippen LogP contribution in [-0.4, -0.2) is 70.6 Å². The standard InChI is InChI=1S/C18H25N5OS/c1-13-3-4-14(25-13)11-22-6-5-16-15(12-22)17(20-19-16)18(24)23-9-7-21(2)8-10-23/h3-4H,5-12H2,1-2H3,(H,19,20). The third kappa shape index (κ3) is 3.49. The lowest BCUT2D eigenvalue weighted by molar-refractivity contribution is 0.0655. The highest BCUT2D eigenvalue weighted by Crippen LogP contribution is 2.25. The molecular formula is C18H25N5OS. The summed E-state index contributed by atoms with van der Waals surface area (Å²) in [6.07, 6.45) is 0.933. The van der Waals surface area contributed by atoms with E-state index in [9.17, 15) is 4.79 Å². The fourth-order valence-electron chi connectivity index (χ4n) is 3.61. The van der Waals surface area contributed by atoms with Gasteiger partial charge in [-0.1, -0.05) is 0 Å². The molecule has 2 aromatic heterocycles. The predicted molar refractivity (Wildman–Crippen MR) is 98.9 cm³/mol. The van der Waals surface area contributed by atoms with E-state index in [0.29, 0.717) is 5.69 Å². The van der Waals surface area contributed by atoms with Crippen LogP contribution in [-0.2, 0) is 19.5 Å². The first-order valence-corrected chi connectivity index (χ1v) is 9.73. The fraction of sp³-hybridized carbons (Fsp3) is 0.556. The molecule has 25 heavy (non-hydrogen) atoms. The summed E-state index contributed by atoms with van der Waals surface area (Å²) in [6, 6.07) is 4.39. The second kappa shape index (κ2) is 6.90. The molecule has 1 saturated heterocycles. The Morgan fingerprint density at radius 3 is 2.76 bits per heavy atom. The Labute approximate surface area is 152 Å². The highest BCUT2D eigenvalue weighted by Gasteiger charge is 2.29. The number of aromatic nitrogens is 2. The normalized spacial score (nSPS) is 19.2. The second-order valence-corrected chi connectivity index (χ2v) is 8.47. The number of aromatic amines is 1. The predicted octanol–water partition coefficient (Wildman–Crippen LogP) is 1.73. The number of hydrogen-bond donors (Lipinski definition) is 1. The summed E-state index contributed by atoms with van der Waals surface area (Å²) in [5.74, 6) is 0.0828. The molecule has 6 nitrogen and oxygen atoms in total. The summed E-state index contributed by atoms with van der Waals surface area (Å²) in [4.78, 5) is 22.3. The van der Waals surface area contributed by atoms with Crippen molar-refractivity contribution in [3.8, 4) is 0 Å². The molecule has 1 amide bonds. The fourth-order valence-corrected chi connectivity index (χ4v) is 4.55. The van der Waals surface area contributed by atoms with Crippen LogP contribution in [0.5, 0.6) is 0 Å². The Hall–Kier alpha value is -1.70. The summed E-state index contributed by atoms with van der Waals surface area (Å²) in [5, 5.41) is 7.50. The molecule has 2 aromatic rings. The third-order valence-electron chi connectivity index (χ3n) is 5.18. The first-order chi connectivity index (χ1) is 12.1. The maximum atomic E-state index is 12.9. The van der Waals surface area contributed by atoms with E-state index in [1.807, 2.05) is 16.2 Å². The van der Waals surface area contributed by atoms with E-state index in [2.05, 4.69) is 46.1 Å². The molecule has 0 aromatic carbocycles. The number of H-pyrrole nitrogens is 1. The van der Waals surface area contributed by atoms with Gasteiger partial charge in [-0.3, -0.25) is 14.8 Å². The lowest BCUT2D eigenvalue weighted by Gasteiger charge is -2.32. The van der Waals surface area contributed by atoms with E-state index in [1.165, 1.54) is 9.75 Å². The molecular weight excluding hydrogens is 334 g/mol. The lowest BCUT2D eigenvalue weighted by Crippen LogP contribution is -2.47. The minimum atomic E-state index is 0.0828. The molecule has 134 valence electrons. The van der Waals surface area contributed by atoms with Crippen molar-refractivity contribution in [2.24, 2.45) is 0 Å². The number of rotatable bonds is 3. The second-order valence-electron chi connectivity index (χ2n) is 7.10. The van der Waals surface area contributed by atoms with E-state index < -0.39 is 0 Å². The average molecular weight is 359 g/mol. The van der Waals surface area contributed by atoms with Crippen molar-refractivity contribution >= 4 is 17.2 Å². The van der Waals surface area contributed by atoms with Crippen LogP contribution < -0.4 is 0 Å². The number of hydrogen-bond acceptors (Lipinski definition) is 5. The van der Waals surface area contributed by atoms with Crippen molar-refractivity contribution < 1.29 is 4.79 Å².